The van der Waals surface area contributed by atoms with Crippen molar-refractivity contribution in [2.24, 2.45) is 0 Å². The summed E-state index contributed by atoms with van der Waals surface area (Å²) in [6.45, 7) is 0. The van der Waals surface area contributed by atoms with Crippen LogP contribution in [0.2, 0.25) is 5.15 Å². The van der Waals surface area contributed by atoms with E-state index in [1.807, 2.05) is 0 Å². The first-order valence-corrected chi connectivity index (χ1v) is 3.62. The largest absolute Gasteiger partial charge is 0.241 e. The Bertz CT molecular complexity index is 278. The minimum absolute atomic E-state index is 0.00793. The third-order valence-corrected chi connectivity index (χ3v) is 1.68. The van der Waals surface area contributed by atoms with Crippen molar-refractivity contribution in [1.29, 1.82) is 0 Å². The van der Waals surface area contributed by atoms with E-state index in [0.29, 0.717) is 0 Å². The SMILES string of the molecule is Fc1c(CCl)cnc(Cl)c1F. The molecule has 0 aliphatic heterocycles. The molecule has 0 bridgehead atoms. The van der Waals surface area contributed by atoms with Gasteiger partial charge in [-0.2, -0.15) is 0 Å². The standard InChI is InChI=1S/C6H3Cl2F2N/c7-1-3-2-11-6(8)5(10)4(3)9/h2H,1H2. The molecule has 1 rings (SSSR count). The number of alkyl halides is 1. The summed E-state index contributed by atoms with van der Waals surface area (Å²) in [5.41, 5.74) is 0.00793. The molecule has 0 aromatic carbocycles. The molecule has 0 spiro atoms. The molecule has 0 N–H and O–H groups in total. The van der Waals surface area contributed by atoms with Crippen LogP contribution in [0.3, 0.4) is 0 Å². The molecule has 11 heavy (non-hydrogen) atoms. The van der Waals surface area contributed by atoms with Gasteiger partial charge in [0.15, 0.2) is 16.8 Å². The van der Waals surface area contributed by atoms with Gasteiger partial charge in [-0.25, -0.2) is 13.8 Å². The number of hydrogen-bond donors (Lipinski definition) is 0. The highest BCUT2D eigenvalue weighted by Crippen LogP contribution is 2.18. The van der Waals surface area contributed by atoms with E-state index in [1.165, 1.54) is 0 Å². The molecule has 0 amide bonds. The first-order chi connectivity index (χ1) is 5.16. The zero-order chi connectivity index (χ0) is 8.43. The quantitative estimate of drug-likeness (QED) is 0.499. The molecule has 0 aliphatic carbocycles. The van der Waals surface area contributed by atoms with Crippen molar-refractivity contribution in [2.75, 3.05) is 0 Å². The predicted molar refractivity (Wildman–Crippen MR) is 38.7 cm³/mol. The lowest BCUT2D eigenvalue weighted by Crippen LogP contribution is -1.94. The molecule has 0 fully saturated rings. The third-order valence-electron chi connectivity index (χ3n) is 1.13. The molecule has 1 heterocycles. The summed E-state index contributed by atoms with van der Waals surface area (Å²) in [6, 6.07) is 0. The topological polar surface area (TPSA) is 12.9 Å². The average molecular weight is 198 g/mol. The maximum Gasteiger partial charge on any atom is 0.196 e. The van der Waals surface area contributed by atoms with Crippen molar-refractivity contribution < 1.29 is 8.78 Å². The molecular formula is C6H3Cl2F2N. The lowest BCUT2D eigenvalue weighted by Gasteiger charge is -1.98. The summed E-state index contributed by atoms with van der Waals surface area (Å²) in [4.78, 5) is 3.38. The van der Waals surface area contributed by atoms with Gasteiger partial charge < -0.3 is 0 Å². The smallest absolute Gasteiger partial charge is 0.196 e. The molecule has 1 aromatic heterocycles. The van der Waals surface area contributed by atoms with Gasteiger partial charge in [-0.1, -0.05) is 11.6 Å². The van der Waals surface area contributed by atoms with E-state index in [4.69, 9.17) is 23.2 Å². The van der Waals surface area contributed by atoms with Crippen molar-refractivity contribution in [2.45, 2.75) is 5.88 Å². The zero-order valence-corrected chi connectivity index (χ0v) is 6.76. The summed E-state index contributed by atoms with van der Waals surface area (Å²) in [6.07, 6.45) is 1.10. The fourth-order valence-electron chi connectivity index (χ4n) is 0.573. The van der Waals surface area contributed by atoms with Gasteiger partial charge in [-0.05, 0) is 0 Å². The van der Waals surface area contributed by atoms with Crippen molar-refractivity contribution in [3.63, 3.8) is 0 Å². The second-order valence-corrected chi connectivity index (χ2v) is 2.46. The van der Waals surface area contributed by atoms with Gasteiger partial charge in [0.05, 0.1) is 5.88 Å². The molecule has 0 atom stereocenters. The summed E-state index contributed by atoms with van der Waals surface area (Å²) in [5.74, 6) is -2.29. The van der Waals surface area contributed by atoms with Crippen molar-refractivity contribution in [3.8, 4) is 0 Å². The van der Waals surface area contributed by atoms with E-state index < -0.39 is 16.8 Å². The van der Waals surface area contributed by atoms with E-state index in [-0.39, 0.29) is 11.4 Å². The number of hydrogen-bond acceptors (Lipinski definition) is 1. The maximum atomic E-state index is 12.7. The van der Waals surface area contributed by atoms with Crippen LogP contribution >= 0.6 is 23.2 Å². The first kappa shape index (κ1) is 8.68. The Hall–Kier alpha value is -0.410. The van der Waals surface area contributed by atoms with Crippen LogP contribution in [-0.2, 0) is 5.88 Å². The molecular weight excluding hydrogens is 195 g/mol. The van der Waals surface area contributed by atoms with Crippen LogP contribution in [0.25, 0.3) is 0 Å². The number of aromatic nitrogens is 1. The van der Waals surface area contributed by atoms with Crippen LogP contribution in [0.4, 0.5) is 8.78 Å². The number of halogens is 4. The van der Waals surface area contributed by atoms with E-state index in [1.54, 1.807) is 0 Å². The second-order valence-electron chi connectivity index (χ2n) is 1.84. The minimum atomic E-state index is -1.15. The van der Waals surface area contributed by atoms with Gasteiger partial charge in [0.25, 0.3) is 0 Å². The first-order valence-electron chi connectivity index (χ1n) is 2.71. The Morgan fingerprint density at radius 2 is 2.00 bits per heavy atom. The molecule has 1 nitrogen and oxygen atoms in total. The van der Waals surface area contributed by atoms with E-state index >= 15 is 0 Å². The van der Waals surface area contributed by atoms with E-state index in [9.17, 15) is 8.78 Å². The highest BCUT2D eigenvalue weighted by molar-refractivity contribution is 6.29. The highest BCUT2D eigenvalue weighted by atomic mass is 35.5. The van der Waals surface area contributed by atoms with Crippen molar-refractivity contribution >= 4 is 23.2 Å². The van der Waals surface area contributed by atoms with Crippen LogP contribution in [0.1, 0.15) is 5.56 Å². The summed E-state index contributed by atoms with van der Waals surface area (Å²) >= 11 is 10.4. The molecule has 60 valence electrons. The van der Waals surface area contributed by atoms with Gasteiger partial charge in [0, 0.05) is 11.8 Å². The van der Waals surface area contributed by atoms with E-state index in [0.717, 1.165) is 6.20 Å². The molecule has 0 radical (unpaired) electrons. The summed E-state index contributed by atoms with van der Waals surface area (Å²) in [5, 5.41) is -0.476. The number of rotatable bonds is 1. The minimum Gasteiger partial charge on any atom is -0.241 e. The van der Waals surface area contributed by atoms with Gasteiger partial charge >= 0.3 is 0 Å². The Labute approximate surface area is 72.0 Å². The number of nitrogens with zero attached hydrogens (tertiary/aromatic N) is 1. The second kappa shape index (κ2) is 3.32. The number of pyridine rings is 1. The van der Waals surface area contributed by atoms with Crippen LogP contribution in [0.15, 0.2) is 6.20 Å². The van der Waals surface area contributed by atoms with Gasteiger partial charge in [0.2, 0.25) is 0 Å². The maximum absolute atomic E-state index is 12.7. The van der Waals surface area contributed by atoms with Crippen molar-refractivity contribution in [3.05, 3.63) is 28.5 Å². The van der Waals surface area contributed by atoms with Gasteiger partial charge in [-0.15, -0.1) is 11.6 Å². The third kappa shape index (κ3) is 1.60. The Balaban J connectivity index is 3.25. The van der Waals surface area contributed by atoms with Gasteiger partial charge in [-0.3, -0.25) is 0 Å². The van der Waals surface area contributed by atoms with Gasteiger partial charge in [0.1, 0.15) is 0 Å². The fraction of sp³-hybridized carbons (Fsp3) is 0.167. The Morgan fingerprint density at radius 1 is 1.36 bits per heavy atom. The molecule has 0 saturated carbocycles. The summed E-state index contributed by atoms with van der Waals surface area (Å²) < 4.78 is 25.2. The molecule has 0 aliphatic rings. The highest BCUT2D eigenvalue weighted by Gasteiger charge is 2.11. The summed E-state index contributed by atoms with van der Waals surface area (Å²) in [7, 11) is 0. The Kier molecular flexibility index (Phi) is 2.62. The lowest BCUT2D eigenvalue weighted by atomic mass is 10.3. The molecule has 5 heteroatoms. The monoisotopic (exact) mass is 197 g/mol. The lowest BCUT2D eigenvalue weighted by molar-refractivity contribution is 0.497. The average Bonchev–Trinajstić information content (AvgIpc) is 2.01. The van der Waals surface area contributed by atoms with E-state index in [2.05, 4.69) is 4.98 Å². The van der Waals surface area contributed by atoms with Crippen LogP contribution in [0, 0.1) is 11.6 Å². The van der Waals surface area contributed by atoms with Crippen LogP contribution in [0.5, 0.6) is 0 Å². The van der Waals surface area contributed by atoms with Crippen LogP contribution < -0.4 is 0 Å². The predicted octanol–water partition coefficient (Wildman–Crippen LogP) is 2.75. The molecule has 1 aromatic rings. The fourth-order valence-corrected chi connectivity index (χ4v) is 0.891. The Morgan fingerprint density at radius 3 is 2.55 bits per heavy atom. The molecule has 0 saturated heterocycles. The van der Waals surface area contributed by atoms with Crippen LogP contribution in [-0.4, -0.2) is 4.98 Å². The van der Waals surface area contributed by atoms with Crippen molar-refractivity contribution in [1.82, 2.24) is 4.98 Å². The zero-order valence-electron chi connectivity index (χ0n) is 5.24. The molecule has 0 unspecified atom stereocenters. The normalized spacial score (nSPS) is 10.2.